The highest BCUT2D eigenvalue weighted by Crippen LogP contribution is 2.30. The molecule has 0 aliphatic heterocycles. The number of hydrogen-bond acceptors (Lipinski definition) is 3. The third-order valence-corrected chi connectivity index (χ3v) is 5.24. The third kappa shape index (κ3) is 2.71. The van der Waals surface area contributed by atoms with E-state index in [1.54, 1.807) is 6.20 Å². The molecule has 1 amide bonds. The third-order valence-electron chi connectivity index (χ3n) is 5.24. The van der Waals surface area contributed by atoms with Crippen molar-refractivity contribution in [2.45, 2.75) is 39.2 Å². The van der Waals surface area contributed by atoms with E-state index in [1.807, 2.05) is 60.6 Å². The topological polar surface area (TPSA) is 64.7 Å². The Morgan fingerprint density at radius 3 is 2.92 bits per heavy atom. The van der Waals surface area contributed by atoms with Crippen LogP contribution in [0, 0.1) is 13.8 Å². The lowest BCUT2D eigenvalue weighted by Crippen LogP contribution is -2.31. The van der Waals surface area contributed by atoms with Crippen LogP contribution in [0.3, 0.4) is 0 Å². The van der Waals surface area contributed by atoms with Crippen LogP contribution in [0.4, 0.5) is 0 Å². The maximum atomic E-state index is 13.0. The van der Waals surface area contributed by atoms with Gasteiger partial charge >= 0.3 is 0 Å². The Bertz CT molecular complexity index is 954. The van der Waals surface area contributed by atoms with E-state index in [1.165, 1.54) is 5.69 Å². The summed E-state index contributed by atoms with van der Waals surface area (Å²) in [5, 5.41) is 7.57. The number of aromatic nitrogens is 4. The smallest absolute Gasteiger partial charge is 0.253 e. The zero-order valence-electron chi connectivity index (χ0n) is 15.4. The quantitative estimate of drug-likeness (QED) is 0.790. The second-order valence-electron chi connectivity index (χ2n) is 6.90. The SMILES string of the molecule is Cc1cc(C(=O)NC2CCCc3c2cnn3C)c(C)n1-c1ccccn1. The summed E-state index contributed by atoms with van der Waals surface area (Å²) < 4.78 is 3.94. The molecular formula is C20H23N5O. The Kier molecular flexibility index (Phi) is 4.11. The lowest BCUT2D eigenvalue weighted by molar-refractivity contribution is 0.0932. The summed E-state index contributed by atoms with van der Waals surface area (Å²) in [4.78, 5) is 17.4. The fourth-order valence-electron chi connectivity index (χ4n) is 3.92. The predicted octanol–water partition coefficient (Wildman–Crippen LogP) is 3.03. The number of carbonyl (C=O) groups is 1. The minimum Gasteiger partial charge on any atom is -0.345 e. The average Bonchev–Trinajstić information content (AvgIpc) is 3.16. The second-order valence-corrected chi connectivity index (χ2v) is 6.90. The first-order valence-electron chi connectivity index (χ1n) is 8.98. The molecule has 6 nitrogen and oxygen atoms in total. The van der Waals surface area contributed by atoms with Crippen molar-refractivity contribution >= 4 is 5.91 Å². The van der Waals surface area contributed by atoms with E-state index < -0.39 is 0 Å². The summed E-state index contributed by atoms with van der Waals surface area (Å²) in [6.07, 6.45) is 6.68. The molecule has 0 bridgehead atoms. The summed E-state index contributed by atoms with van der Waals surface area (Å²) in [6.45, 7) is 3.96. The van der Waals surface area contributed by atoms with Crippen molar-refractivity contribution in [2.75, 3.05) is 0 Å². The highest BCUT2D eigenvalue weighted by molar-refractivity contribution is 5.96. The van der Waals surface area contributed by atoms with Gasteiger partial charge in [0.05, 0.1) is 17.8 Å². The first-order chi connectivity index (χ1) is 12.6. The fraction of sp³-hybridized carbons (Fsp3) is 0.350. The highest BCUT2D eigenvalue weighted by Gasteiger charge is 2.26. The number of nitrogens with zero attached hydrogens (tertiary/aromatic N) is 4. The van der Waals surface area contributed by atoms with Gasteiger partial charge in [-0.05, 0) is 51.3 Å². The number of carbonyl (C=O) groups excluding carboxylic acids is 1. The number of aryl methyl sites for hydroxylation is 2. The van der Waals surface area contributed by atoms with Crippen LogP contribution >= 0.6 is 0 Å². The molecule has 1 N–H and O–H groups in total. The van der Waals surface area contributed by atoms with Crippen molar-refractivity contribution in [1.82, 2.24) is 24.6 Å². The lowest BCUT2D eigenvalue weighted by Gasteiger charge is -2.23. The number of fused-ring (bicyclic) bond motifs is 1. The van der Waals surface area contributed by atoms with Crippen molar-refractivity contribution in [3.05, 3.63) is 64.9 Å². The molecule has 1 unspecified atom stereocenters. The van der Waals surface area contributed by atoms with Crippen LogP contribution < -0.4 is 5.32 Å². The normalized spacial score (nSPS) is 16.3. The van der Waals surface area contributed by atoms with E-state index in [4.69, 9.17) is 0 Å². The van der Waals surface area contributed by atoms with Gasteiger partial charge in [0.25, 0.3) is 5.91 Å². The van der Waals surface area contributed by atoms with Gasteiger partial charge in [0.2, 0.25) is 0 Å². The van der Waals surface area contributed by atoms with Gasteiger partial charge in [-0.2, -0.15) is 5.10 Å². The average molecular weight is 349 g/mol. The van der Waals surface area contributed by atoms with E-state index in [0.717, 1.165) is 42.0 Å². The van der Waals surface area contributed by atoms with Crippen molar-refractivity contribution in [3.63, 3.8) is 0 Å². The second kappa shape index (κ2) is 6.44. The van der Waals surface area contributed by atoms with E-state index >= 15 is 0 Å². The van der Waals surface area contributed by atoms with Gasteiger partial charge in [-0.1, -0.05) is 6.07 Å². The Balaban J connectivity index is 1.62. The molecule has 1 aliphatic carbocycles. The molecular weight excluding hydrogens is 326 g/mol. The van der Waals surface area contributed by atoms with E-state index in [-0.39, 0.29) is 11.9 Å². The van der Waals surface area contributed by atoms with Gasteiger partial charge in [-0.15, -0.1) is 0 Å². The minimum atomic E-state index is -0.0398. The van der Waals surface area contributed by atoms with Crippen LogP contribution in [0.2, 0.25) is 0 Å². The lowest BCUT2D eigenvalue weighted by atomic mass is 9.93. The van der Waals surface area contributed by atoms with E-state index in [2.05, 4.69) is 15.4 Å². The molecule has 26 heavy (non-hydrogen) atoms. The van der Waals surface area contributed by atoms with Crippen molar-refractivity contribution in [1.29, 1.82) is 0 Å². The number of nitrogens with one attached hydrogen (secondary N) is 1. The minimum absolute atomic E-state index is 0.0258. The standard InChI is InChI=1S/C20H23N5O/c1-13-11-15(14(2)25(13)19-9-4-5-10-21-19)20(26)23-17-7-6-8-18-16(17)12-22-24(18)3/h4-5,9-12,17H,6-8H2,1-3H3,(H,23,26). The summed E-state index contributed by atoms with van der Waals surface area (Å²) >= 11 is 0. The summed E-state index contributed by atoms with van der Waals surface area (Å²) in [7, 11) is 1.96. The molecule has 3 heterocycles. The molecule has 3 aromatic heterocycles. The van der Waals surface area contributed by atoms with Gasteiger partial charge in [-0.25, -0.2) is 4.98 Å². The monoisotopic (exact) mass is 349 g/mol. The molecule has 0 spiro atoms. The molecule has 1 aliphatic rings. The van der Waals surface area contributed by atoms with Gasteiger partial charge in [0.1, 0.15) is 5.82 Å². The zero-order valence-corrected chi connectivity index (χ0v) is 15.4. The molecule has 0 aromatic carbocycles. The Hall–Kier alpha value is -2.89. The van der Waals surface area contributed by atoms with Crippen LogP contribution in [-0.2, 0) is 13.5 Å². The molecule has 1 atom stereocenters. The fourth-order valence-corrected chi connectivity index (χ4v) is 3.92. The molecule has 0 fully saturated rings. The Labute approximate surface area is 152 Å². The molecule has 0 saturated heterocycles. The van der Waals surface area contributed by atoms with Gasteiger partial charge in [-0.3, -0.25) is 9.48 Å². The molecule has 3 aromatic rings. The first-order valence-corrected chi connectivity index (χ1v) is 8.98. The van der Waals surface area contributed by atoms with Gasteiger partial charge in [0, 0.05) is 35.9 Å². The summed E-state index contributed by atoms with van der Waals surface area (Å²) in [5.41, 5.74) is 4.97. The van der Waals surface area contributed by atoms with Crippen molar-refractivity contribution < 1.29 is 4.79 Å². The number of rotatable bonds is 3. The Morgan fingerprint density at radius 1 is 1.31 bits per heavy atom. The zero-order chi connectivity index (χ0) is 18.3. The van der Waals surface area contributed by atoms with E-state index in [0.29, 0.717) is 5.56 Å². The van der Waals surface area contributed by atoms with Crippen LogP contribution in [-0.4, -0.2) is 25.2 Å². The predicted molar refractivity (Wildman–Crippen MR) is 99.4 cm³/mol. The number of pyridine rings is 1. The molecule has 4 rings (SSSR count). The Morgan fingerprint density at radius 2 is 2.15 bits per heavy atom. The molecule has 0 radical (unpaired) electrons. The van der Waals surface area contributed by atoms with Crippen LogP contribution in [0.25, 0.3) is 5.82 Å². The highest BCUT2D eigenvalue weighted by atomic mass is 16.1. The van der Waals surface area contributed by atoms with E-state index in [9.17, 15) is 4.79 Å². The van der Waals surface area contributed by atoms with Crippen LogP contribution in [0.5, 0.6) is 0 Å². The molecule has 6 heteroatoms. The molecule has 0 saturated carbocycles. The number of hydrogen-bond donors (Lipinski definition) is 1. The van der Waals surface area contributed by atoms with Crippen LogP contribution in [0.15, 0.2) is 36.7 Å². The van der Waals surface area contributed by atoms with Gasteiger partial charge in [0.15, 0.2) is 0 Å². The maximum absolute atomic E-state index is 13.0. The largest absolute Gasteiger partial charge is 0.345 e. The molecule has 134 valence electrons. The first kappa shape index (κ1) is 16.6. The summed E-state index contributed by atoms with van der Waals surface area (Å²) in [6, 6.07) is 7.75. The van der Waals surface area contributed by atoms with Crippen molar-refractivity contribution in [2.24, 2.45) is 7.05 Å². The van der Waals surface area contributed by atoms with Gasteiger partial charge < -0.3 is 9.88 Å². The maximum Gasteiger partial charge on any atom is 0.253 e. The van der Waals surface area contributed by atoms with Crippen LogP contribution in [0.1, 0.15) is 51.9 Å². The summed E-state index contributed by atoms with van der Waals surface area (Å²) in [5.74, 6) is 0.788. The van der Waals surface area contributed by atoms with Crippen molar-refractivity contribution in [3.8, 4) is 5.82 Å². The number of amides is 1.